The average Bonchev–Trinajstić information content (AvgIpc) is 3.54. The molecule has 7 rings (SSSR count). The zero-order valence-electron chi connectivity index (χ0n) is 23.2. The van der Waals surface area contributed by atoms with Crippen LogP contribution >= 0.6 is 0 Å². The van der Waals surface area contributed by atoms with Gasteiger partial charge in [0, 0.05) is 47.1 Å². The molecule has 42 heavy (non-hydrogen) atoms. The smallest absolute Gasteiger partial charge is 0.232 e. The van der Waals surface area contributed by atoms with Gasteiger partial charge in [-0.2, -0.15) is 0 Å². The largest absolute Gasteiger partial charge is 0.470 e. The first-order valence-electron chi connectivity index (χ1n) is 13.4. The molecule has 0 aliphatic carbocycles. The molecule has 4 heterocycles. The van der Waals surface area contributed by atoms with Crippen LogP contribution in [0.25, 0.3) is 55.8 Å². The number of nitrogens with zero attached hydrogens (tertiary/aromatic N) is 3. The number of sulfonamides is 1. The van der Waals surface area contributed by atoms with E-state index >= 15 is 0 Å². The molecule has 212 valence electrons. The highest BCUT2D eigenvalue weighted by molar-refractivity contribution is 7.92. The summed E-state index contributed by atoms with van der Waals surface area (Å²) in [6.45, 7) is 0.853. The Bertz CT molecular complexity index is 2120. The molecule has 0 saturated carbocycles. The second-order valence-corrected chi connectivity index (χ2v) is 12.4. The highest BCUT2D eigenvalue weighted by Gasteiger charge is 2.26. The third-order valence-corrected chi connectivity index (χ3v) is 8.93. The molecule has 0 bridgehead atoms. The summed E-state index contributed by atoms with van der Waals surface area (Å²) in [5.74, 6) is 0.901. The number of fused-ring (bicyclic) bond motifs is 6. The first kappa shape index (κ1) is 26.2. The molecule has 0 amide bonds. The number of aromatic nitrogens is 2. The van der Waals surface area contributed by atoms with E-state index in [2.05, 4.69) is 22.0 Å². The van der Waals surface area contributed by atoms with E-state index in [1.165, 1.54) is 23.5 Å². The van der Waals surface area contributed by atoms with Crippen molar-refractivity contribution in [3.8, 4) is 39.7 Å². The predicted molar refractivity (Wildman–Crippen MR) is 162 cm³/mol. The summed E-state index contributed by atoms with van der Waals surface area (Å²) in [7, 11) is -0.279. The van der Waals surface area contributed by atoms with Crippen LogP contribution < -0.4 is 14.4 Å². The molecular weight excluding hydrogens is 555 g/mol. The number of nitrogens with one attached hydrogen (secondary N) is 1. The Kier molecular flexibility index (Phi) is 6.07. The van der Waals surface area contributed by atoms with Crippen molar-refractivity contribution in [3.05, 3.63) is 90.2 Å². The average molecular weight is 583 g/mol. The van der Waals surface area contributed by atoms with Crippen LogP contribution in [0.5, 0.6) is 5.75 Å². The molecule has 0 saturated heterocycles. The molecule has 10 heteroatoms. The normalized spacial score (nSPS) is 12.8. The minimum absolute atomic E-state index is 0.342. The second-order valence-electron chi connectivity index (χ2n) is 10.4. The number of hydrogen-bond acceptors (Lipinski definition) is 6. The minimum Gasteiger partial charge on any atom is -0.470 e. The lowest BCUT2D eigenvalue weighted by molar-refractivity contribution is 0.234. The van der Waals surface area contributed by atoms with Crippen LogP contribution in [0, 0.1) is 5.82 Å². The molecular formula is C32H27FN4O4S. The van der Waals surface area contributed by atoms with E-state index in [0.29, 0.717) is 58.6 Å². The van der Waals surface area contributed by atoms with Crippen molar-refractivity contribution >= 4 is 37.6 Å². The van der Waals surface area contributed by atoms with Gasteiger partial charge in [0.2, 0.25) is 10.0 Å². The van der Waals surface area contributed by atoms with Gasteiger partial charge in [0.05, 0.1) is 28.8 Å². The summed E-state index contributed by atoms with van der Waals surface area (Å²) in [6.07, 6.45) is 1.16. The molecule has 1 N–H and O–H groups in total. The van der Waals surface area contributed by atoms with Gasteiger partial charge in [-0.3, -0.25) is 4.31 Å². The fourth-order valence-corrected chi connectivity index (χ4v) is 6.10. The van der Waals surface area contributed by atoms with E-state index < -0.39 is 10.0 Å². The first-order chi connectivity index (χ1) is 20.2. The molecule has 0 fully saturated rings. The number of para-hydroxylation sites is 1. The lowest BCUT2D eigenvalue weighted by Gasteiger charge is -2.23. The topological polar surface area (TPSA) is 89.6 Å². The minimum atomic E-state index is -3.63. The van der Waals surface area contributed by atoms with Gasteiger partial charge in [0.15, 0.2) is 6.73 Å². The van der Waals surface area contributed by atoms with Gasteiger partial charge in [0.25, 0.3) is 0 Å². The number of rotatable bonds is 6. The number of hydrogen-bond donors (Lipinski definition) is 1. The van der Waals surface area contributed by atoms with Crippen molar-refractivity contribution in [1.82, 2.24) is 14.9 Å². The van der Waals surface area contributed by atoms with E-state index in [1.54, 1.807) is 18.2 Å². The van der Waals surface area contributed by atoms with Gasteiger partial charge in [0.1, 0.15) is 28.6 Å². The van der Waals surface area contributed by atoms with Crippen molar-refractivity contribution < 1.29 is 22.0 Å². The van der Waals surface area contributed by atoms with Crippen molar-refractivity contribution in [2.45, 2.75) is 13.3 Å². The van der Waals surface area contributed by atoms with E-state index in [0.717, 1.165) is 33.8 Å². The Morgan fingerprint density at radius 1 is 1.05 bits per heavy atom. The number of furan rings is 1. The van der Waals surface area contributed by atoms with Crippen LogP contribution in [-0.4, -0.2) is 38.3 Å². The van der Waals surface area contributed by atoms with Crippen molar-refractivity contribution in [2.24, 2.45) is 0 Å². The fourth-order valence-electron chi connectivity index (χ4n) is 5.59. The molecule has 1 aliphatic heterocycles. The van der Waals surface area contributed by atoms with Gasteiger partial charge >= 0.3 is 0 Å². The first-order valence-corrected chi connectivity index (χ1v) is 15.2. The van der Waals surface area contributed by atoms with Crippen LogP contribution in [0.1, 0.15) is 5.56 Å². The van der Waals surface area contributed by atoms with Gasteiger partial charge < -0.3 is 19.0 Å². The zero-order chi connectivity index (χ0) is 29.2. The summed E-state index contributed by atoms with van der Waals surface area (Å²) < 4.78 is 55.0. The van der Waals surface area contributed by atoms with Crippen LogP contribution in [0.4, 0.5) is 10.1 Å². The standard InChI is InChI=1S/C32H27FN4O4S/c1-34-17-24-22-15-23(25-12-13-29-31(35-25)28-14-20-6-4-5-7-26(20)37(28)18-40-29)27(36(2)42(3,38)39)16-30(22)41-32(24)19-8-10-21(33)11-9-19/h4-16,34H,17-18H2,1-3H3. The Morgan fingerprint density at radius 2 is 1.83 bits per heavy atom. The number of ether oxygens (including phenoxy) is 1. The Labute approximate surface area is 242 Å². The number of halogens is 1. The lowest BCUT2D eigenvalue weighted by Crippen LogP contribution is -2.25. The highest BCUT2D eigenvalue weighted by atomic mass is 32.2. The maximum absolute atomic E-state index is 13.7. The van der Waals surface area contributed by atoms with E-state index in [1.807, 2.05) is 43.4 Å². The molecule has 0 unspecified atom stereocenters. The lowest BCUT2D eigenvalue weighted by atomic mass is 10.0. The van der Waals surface area contributed by atoms with Crippen molar-refractivity contribution in [2.75, 3.05) is 24.7 Å². The highest BCUT2D eigenvalue weighted by Crippen LogP contribution is 2.43. The van der Waals surface area contributed by atoms with Crippen LogP contribution in [0.3, 0.4) is 0 Å². The quantitative estimate of drug-likeness (QED) is 0.245. The summed E-state index contributed by atoms with van der Waals surface area (Å²) >= 11 is 0. The van der Waals surface area contributed by atoms with Gasteiger partial charge in [-0.25, -0.2) is 17.8 Å². The Hall–Kier alpha value is -4.67. The third-order valence-electron chi connectivity index (χ3n) is 7.74. The summed E-state index contributed by atoms with van der Waals surface area (Å²) in [6, 6.07) is 23.7. The molecule has 3 aromatic carbocycles. The van der Waals surface area contributed by atoms with E-state index in [9.17, 15) is 12.8 Å². The Balaban J connectivity index is 1.47. The number of benzene rings is 3. The molecule has 6 aromatic rings. The van der Waals surface area contributed by atoms with E-state index in [-0.39, 0.29) is 5.82 Å². The van der Waals surface area contributed by atoms with Crippen LogP contribution in [0.2, 0.25) is 0 Å². The summed E-state index contributed by atoms with van der Waals surface area (Å²) in [5.41, 5.74) is 6.38. The SMILES string of the molecule is CNCc1c(-c2ccc(F)cc2)oc2cc(N(C)S(C)(=O)=O)c(-c3ccc4c(n3)-c3cc5ccccc5n3CO4)cc12. The summed E-state index contributed by atoms with van der Waals surface area (Å²) in [5, 5.41) is 5.08. The summed E-state index contributed by atoms with van der Waals surface area (Å²) in [4.78, 5) is 5.05. The van der Waals surface area contributed by atoms with Crippen LogP contribution in [0.15, 0.2) is 83.3 Å². The number of anilines is 1. The molecule has 8 nitrogen and oxygen atoms in total. The Morgan fingerprint density at radius 3 is 2.60 bits per heavy atom. The predicted octanol–water partition coefficient (Wildman–Crippen LogP) is 6.39. The maximum atomic E-state index is 13.7. The third kappa shape index (κ3) is 4.22. The molecule has 1 aliphatic rings. The monoisotopic (exact) mass is 582 g/mol. The van der Waals surface area contributed by atoms with Gasteiger partial charge in [-0.1, -0.05) is 18.2 Å². The molecule has 0 atom stereocenters. The molecule has 3 aromatic heterocycles. The maximum Gasteiger partial charge on any atom is 0.232 e. The fraction of sp³-hybridized carbons (Fsp3) is 0.156. The van der Waals surface area contributed by atoms with Gasteiger partial charge in [-0.05, 0) is 61.6 Å². The second kappa shape index (κ2) is 9.71. The van der Waals surface area contributed by atoms with Gasteiger partial charge in [-0.15, -0.1) is 0 Å². The van der Waals surface area contributed by atoms with Crippen molar-refractivity contribution in [3.63, 3.8) is 0 Å². The zero-order valence-corrected chi connectivity index (χ0v) is 24.0. The van der Waals surface area contributed by atoms with Crippen LogP contribution in [-0.2, 0) is 23.3 Å². The number of pyridine rings is 1. The van der Waals surface area contributed by atoms with E-state index in [4.69, 9.17) is 14.1 Å². The molecule has 0 spiro atoms. The molecule has 0 radical (unpaired) electrons. The van der Waals surface area contributed by atoms with Crippen molar-refractivity contribution in [1.29, 1.82) is 0 Å².